The van der Waals surface area contributed by atoms with Crippen molar-refractivity contribution >= 4 is 17.7 Å². The highest BCUT2D eigenvalue weighted by Crippen LogP contribution is 2.23. The number of aromatic nitrogens is 1. The zero-order valence-corrected chi connectivity index (χ0v) is 11.8. The Hall–Kier alpha value is -2.38. The molecule has 0 spiro atoms. The lowest BCUT2D eigenvalue weighted by atomic mass is 10.1. The Labute approximate surface area is 121 Å². The second kappa shape index (κ2) is 5.94. The number of carboxylic acid groups (broad SMARTS) is 1. The van der Waals surface area contributed by atoms with Gasteiger partial charge in [-0.3, -0.25) is 4.79 Å². The molecule has 7 nitrogen and oxygen atoms in total. The molecule has 21 heavy (non-hydrogen) atoms. The minimum Gasteiger partial charge on any atom is -0.465 e. The van der Waals surface area contributed by atoms with Crippen LogP contribution in [0.2, 0.25) is 0 Å². The molecular weight excluding hydrogens is 279 g/mol. The third-order valence-corrected chi connectivity index (χ3v) is 3.50. The number of pyridine rings is 1. The maximum absolute atomic E-state index is 14.1. The highest BCUT2D eigenvalue weighted by atomic mass is 19.1. The molecule has 0 bridgehead atoms. The topological polar surface area (TPSA) is 85.8 Å². The van der Waals surface area contributed by atoms with Crippen LogP contribution in [0.25, 0.3) is 0 Å². The molecule has 114 valence electrons. The average molecular weight is 296 g/mol. The van der Waals surface area contributed by atoms with Crippen molar-refractivity contribution in [1.29, 1.82) is 0 Å². The third-order valence-electron chi connectivity index (χ3n) is 3.50. The summed E-state index contributed by atoms with van der Waals surface area (Å²) < 4.78 is 14.1. The van der Waals surface area contributed by atoms with Crippen molar-refractivity contribution < 1.29 is 19.1 Å². The fraction of sp³-hybridized carbons (Fsp3) is 0.462. The molecule has 0 aliphatic carbocycles. The first-order valence-corrected chi connectivity index (χ1v) is 6.57. The predicted octanol–water partition coefficient (Wildman–Crippen LogP) is 0.769. The summed E-state index contributed by atoms with van der Waals surface area (Å²) in [6.45, 7) is 2.80. The molecule has 1 aromatic rings. The molecule has 1 saturated heterocycles. The number of hydrogen-bond donors (Lipinski definition) is 2. The second-order valence-electron chi connectivity index (χ2n) is 4.86. The number of carbonyl (C=O) groups is 2. The number of anilines is 1. The Kier molecular flexibility index (Phi) is 4.25. The van der Waals surface area contributed by atoms with Gasteiger partial charge in [-0.05, 0) is 19.1 Å². The summed E-state index contributed by atoms with van der Waals surface area (Å²) in [5.41, 5.74) is 0.288. The van der Waals surface area contributed by atoms with Gasteiger partial charge in [-0.1, -0.05) is 0 Å². The molecule has 2 rings (SSSR count). The Bertz CT molecular complexity index is 566. The lowest BCUT2D eigenvalue weighted by Crippen LogP contribution is -2.53. The summed E-state index contributed by atoms with van der Waals surface area (Å²) in [6.07, 6.45) is -0.977. The van der Waals surface area contributed by atoms with Crippen molar-refractivity contribution in [3.63, 3.8) is 0 Å². The number of nitrogens with zero attached hydrogens (tertiary/aromatic N) is 3. The van der Waals surface area contributed by atoms with E-state index in [1.807, 2.05) is 6.92 Å². The van der Waals surface area contributed by atoms with Crippen molar-refractivity contribution in [3.05, 3.63) is 23.8 Å². The van der Waals surface area contributed by atoms with Gasteiger partial charge in [0, 0.05) is 32.7 Å². The first kappa shape index (κ1) is 15.0. The fourth-order valence-corrected chi connectivity index (χ4v) is 2.38. The van der Waals surface area contributed by atoms with E-state index in [2.05, 4.69) is 10.3 Å². The molecule has 1 atom stereocenters. The maximum Gasteiger partial charge on any atom is 0.407 e. The number of rotatable bonds is 2. The van der Waals surface area contributed by atoms with Gasteiger partial charge in [0.25, 0.3) is 5.91 Å². The number of halogens is 1. The van der Waals surface area contributed by atoms with Crippen LogP contribution in [0.1, 0.15) is 17.4 Å². The molecule has 8 heteroatoms. The van der Waals surface area contributed by atoms with Crippen molar-refractivity contribution in [1.82, 2.24) is 15.2 Å². The van der Waals surface area contributed by atoms with Gasteiger partial charge in [-0.25, -0.2) is 9.78 Å². The van der Waals surface area contributed by atoms with Gasteiger partial charge in [-0.2, -0.15) is 4.39 Å². The Morgan fingerprint density at radius 1 is 1.43 bits per heavy atom. The van der Waals surface area contributed by atoms with Gasteiger partial charge in [0.05, 0.1) is 5.69 Å². The molecular formula is C13H17FN4O3. The van der Waals surface area contributed by atoms with E-state index in [4.69, 9.17) is 5.11 Å². The zero-order valence-electron chi connectivity index (χ0n) is 11.8. The molecule has 0 radical (unpaired) electrons. The molecule has 0 saturated carbocycles. The molecule has 1 unspecified atom stereocenters. The summed E-state index contributed by atoms with van der Waals surface area (Å²) >= 11 is 0. The number of amides is 2. The van der Waals surface area contributed by atoms with Crippen LogP contribution in [0.5, 0.6) is 0 Å². The molecule has 1 aliphatic rings. The van der Waals surface area contributed by atoms with Crippen LogP contribution in [0, 0.1) is 5.95 Å². The molecule has 1 aliphatic heterocycles. The standard InChI is InChI=1S/C13H17FN4O3/c1-8-7-17(13(20)21)5-6-18(8)10-4-3-9(12(19)15-2)16-11(10)14/h3-4,8H,5-7H2,1-2H3,(H,15,19)(H,20,21). The van der Waals surface area contributed by atoms with Crippen molar-refractivity contribution in [2.45, 2.75) is 13.0 Å². The summed E-state index contributed by atoms with van der Waals surface area (Å²) in [7, 11) is 1.45. The van der Waals surface area contributed by atoms with E-state index in [0.29, 0.717) is 19.6 Å². The van der Waals surface area contributed by atoms with E-state index in [1.54, 1.807) is 4.90 Å². The summed E-state index contributed by atoms with van der Waals surface area (Å²) in [6, 6.07) is 2.78. The molecule has 1 fully saturated rings. The normalized spacial score (nSPS) is 18.5. The molecule has 1 aromatic heterocycles. The first-order chi connectivity index (χ1) is 9.93. The monoisotopic (exact) mass is 296 g/mol. The van der Waals surface area contributed by atoms with Gasteiger partial charge >= 0.3 is 6.09 Å². The molecule has 2 N–H and O–H groups in total. The summed E-state index contributed by atoms with van der Waals surface area (Å²) in [4.78, 5) is 29.1. The fourth-order valence-electron chi connectivity index (χ4n) is 2.38. The van der Waals surface area contributed by atoms with Crippen LogP contribution in [-0.4, -0.2) is 59.7 Å². The van der Waals surface area contributed by atoms with E-state index in [9.17, 15) is 14.0 Å². The summed E-state index contributed by atoms with van der Waals surface area (Å²) in [5.74, 6) is -1.18. The highest BCUT2D eigenvalue weighted by molar-refractivity contribution is 5.92. The van der Waals surface area contributed by atoms with Crippen LogP contribution in [-0.2, 0) is 0 Å². The minimum absolute atomic E-state index is 0.00979. The largest absolute Gasteiger partial charge is 0.465 e. The third kappa shape index (κ3) is 3.04. The van der Waals surface area contributed by atoms with Crippen molar-refractivity contribution in [2.75, 3.05) is 31.6 Å². The molecule has 2 amide bonds. The Morgan fingerprint density at radius 2 is 2.14 bits per heavy atom. The van der Waals surface area contributed by atoms with E-state index in [1.165, 1.54) is 24.1 Å². The SMILES string of the molecule is CNC(=O)c1ccc(N2CCN(C(=O)O)CC2C)c(F)n1. The Balaban J connectivity index is 2.19. The van der Waals surface area contributed by atoms with Crippen LogP contribution in [0.3, 0.4) is 0 Å². The van der Waals surface area contributed by atoms with E-state index < -0.39 is 17.9 Å². The number of hydrogen-bond acceptors (Lipinski definition) is 4. The van der Waals surface area contributed by atoms with Gasteiger partial charge in [0.15, 0.2) is 0 Å². The average Bonchev–Trinajstić information content (AvgIpc) is 2.46. The van der Waals surface area contributed by atoms with Crippen molar-refractivity contribution in [2.24, 2.45) is 0 Å². The lowest BCUT2D eigenvalue weighted by Gasteiger charge is -2.39. The van der Waals surface area contributed by atoms with E-state index in [0.717, 1.165) is 0 Å². The van der Waals surface area contributed by atoms with E-state index in [-0.39, 0.29) is 17.4 Å². The van der Waals surface area contributed by atoms with Crippen LogP contribution < -0.4 is 10.2 Å². The quantitative estimate of drug-likeness (QED) is 0.787. The van der Waals surface area contributed by atoms with E-state index >= 15 is 0 Å². The van der Waals surface area contributed by atoms with Crippen LogP contribution in [0.15, 0.2) is 12.1 Å². The Morgan fingerprint density at radius 3 is 2.67 bits per heavy atom. The van der Waals surface area contributed by atoms with Gasteiger partial charge in [-0.15, -0.1) is 0 Å². The lowest BCUT2D eigenvalue weighted by molar-refractivity contribution is 0.0956. The second-order valence-corrected chi connectivity index (χ2v) is 4.86. The molecule has 0 aromatic carbocycles. The van der Waals surface area contributed by atoms with Gasteiger partial charge in [0.2, 0.25) is 5.95 Å². The summed E-state index contributed by atoms with van der Waals surface area (Å²) in [5, 5.41) is 11.3. The predicted molar refractivity (Wildman–Crippen MR) is 74.0 cm³/mol. The zero-order chi connectivity index (χ0) is 15.6. The minimum atomic E-state index is -0.977. The first-order valence-electron chi connectivity index (χ1n) is 6.57. The van der Waals surface area contributed by atoms with Crippen molar-refractivity contribution in [3.8, 4) is 0 Å². The maximum atomic E-state index is 14.1. The van der Waals surface area contributed by atoms with Gasteiger partial charge < -0.3 is 20.2 Å². The van der Waals surface area contributed by atoms with Crippen LogP contribution in [0.4, 0.5) is 14.9 Å². The van der Waals surface area contributed by atoms with Gasteiger partial charge in [0.1, 0.15) is 5.69 Å². The number of piperazine rings is 1. The smallest absolute Gasteiger partial charge is 0.407 e. The number of nitrogens with one attached hydrogen (secondary N) is 1. The highest BCUT2D eigenvalue weighted by Gasteiger charge is 2.28. The van der Waals surface area contributed by atoms with Crippen LogP contribution >= 0.6 is 0 Å². The molecule has 2 heterocycles. The number of carbonyl (C=O) groups excluding carboxylic acids is 1.